The quantitative estimate of drug-likeness (QED) is 0.603. The number of sulfonamides is 1. The average Bonchev–Trinajstić information content (AvgIpc) is 2.29. The average molecular weight is 256 g/mol. The Labute approximate surface area is 103 Å². The van der Waals surface area contributed by atoms with E-state index in [1.807, 2.05) is 13.8 Å². The van der Waals surface area contributed by atoms with E-state index in [1.165, 1.54) is 6.07 Å². The van der Waals surface area contributed by atoms with Crippen molar-refractivity contribution in [2.45, 2.75) is 38.0 Å². The van der Waals surface area contributed by atoms with Crippen LogP contribution >= 0.6 is 0 Å². The molecule has 0 heterocycles. The summed E-state index contributed by atoms with van der Waals surface area (Å²) in [7, 11) is -3.41. The predicted octanol–water partition coefficient (Wildman–Crippen LogP) is 1.91. The number of aryl methyl sites for hydroxylation is 1. The Kier molecular flexibility index (Phi) is 4.96. The Morgan fingerprint density at radius 3 is 2.53 bits per heavy atom. The van der Waals surface area contributed by atoms with Crippen LogP contribution in [0.2, 0.25) is 0 Å². The second-order valence-electron chi connectivity index (χ2n) is 3.97. The molecule has 0 fully saturated rings. The van der Waals surface area contributed by atoms with Gasteiger partial charge in [-0.1, -0.05) is 26.3 Å². The number of nitrogens with two attached hydrogens (primary N) is 1. The maximum Gasteiger partial charge on any atom is 0.240 e. The number of unbranched alkanes of at least 4 members (excludes halogenated alkanes) is 1. The molecule has 0 aromatic heterocycles. The van der Waals surface area contributed by atoms with Gasteiger partial charge in [0.25, 0.3) is 0 Å². The molecule has 0 bridgehead atoms. The van der Waals surface area contributed by atoms with E-state index in [1.54, 1.807) is 12.1 Å². The summed E-state index contributed by atoms with van der Waals surface area (Å²) in [6.45, 7) is 4.47. The first-order valence-corrected chi connectivity index (χ1v) is 7.37. The molecule has 0 aliphatic heterocycles. The molecule has 0 saturated heterocycles. The third-order valence-electron chi connectivity index (χ3n) is 2.63. The van der Waals surface area contributed by atoms with Gasteiger partial charge >= 0.3 is 0 Å². The molecule has 0 radical (unpaired) electrons. The van der Waals surface area contributed by atoms with Gasteiger partial charge < -0.3 is 5.73 Å². The van der Waals surface area contributed by atoms with Gasteiger partial charge in [-0.25, -0.2) is 13.1 Å². The van der Waals surface area contributed by atoms with Crippen molar-refractivity contribution in [3.63, 3.8) is 0 Å². The Bertz CT molecular complexity index is 469. The zero-order chi connectivity index (χ0) is 12.9. The van der Waals surface area contributed by atoms with Crippen molar-refractivity contribution in [1.82, 2.24) is 4.72 Å². The molecule has 0 amide bonds. The molecule has 0 atom stereocenters. The van der Waals surface area contributed by atoms with Crippen molar-refractivity contribution in [2.75, 3.05) is 12.3 Å². The Morgan fingerprint density at radius 2 is 2.00 bits per heavy atom. The number of hydrogen-bond acceptors (Lipinski definition) is 3. The minimum atomic E-state index is -3.41. The monoisotopic (exact) mass is 256 g/mol. The first-order valence-electron chi connectivity index (χ1n) is 5.89. The lowest BCUT2D eigenvalue weighted by atomic mass is 10.1. The fourth-order valence-electron chi connectivity index (χ4n) is 1.53. The topological polar surface area (TPSA) is 72.2 Å². The predicted molar refractivity (Wildman–Crippen MR) is 70.3 cm³/mol. The summed E-state index contributed by atoms with van der Waals surface area (Å²) >= 11 is 0. The highest BCUT2D eigenvalue weighted by atomic mass is 32.2. The van der Waals surface area contributed by atoms with Gasteiger partial charge in [0.05, 0.1) is 4.90 Å². The lowest BCUT2D eigenvalue weighted by Crippen LogP contribution is -2.24. The van der Waals surface area contributed by atoms with E-state index < -0.39 is 10.0 Å². The Hall–Kier alpha value is -1.07. The lowest BCUT2D eigenvalue weighted by molar-refractivity contribution is 0.578. The Morgan fingerprint density at radius 1 is 1.29 bits per heavy atom. The summed E-state index contributed by atoms with van der Waals surface area (Å²) in [5.41, 5.74) is 7.29. The molecule has 0 saturated carbocycles. The van der Waals surface area contributed by atoms with Crippen LogP contribution in [-0.4, -0.2) is 15.0 Å². The third-order valence-corrected chi connectivity index (χ3v) is 4.09. The van der Waals surface area contributed by atoms with Gasteiger partial charge in [0, 0.05) is 12.2 Å². The first kappa shape index (κ1) is 14.0. The van der Waals surface area contributed by atoms with Crippen molar-refractivity contribution in [2.24, 2.45) is 0 Å². The van der Waals surface area contributed by atoms with Crippen molar-refractivity contribution in [1.29, 1.82) is 0 Å². The summed E-state index contributed by atoms with van der Waals surface area (Å²) in [5, 5.41) is 0. The lowest BCUT2D eigenvalue weighted by Gasteiger charge is -2.08. The minimum absolute atomic E-state index is 0.239. The number of nitrogens with one attached hydrogen (secondary N) is 1. The summed E-state index contributed by atoms with van der Waals surface area (Å²) < 4.78 is 26.3. The standard InChI is InChI=1S/C12H20N2O2S/c1-3-5-8-14-17(15,16)11-7-6-10(4-2)12(13)9-11/h6-7,9,14H,3-5,8,13H2,1-2H3. The van der Waals surface area contributed by atoms with Crippen LogP contribution in [0.5, 0.6) is 0 Å². The minimum Gasteiger partial charge on any atom is -0.398 e. The SMILES string of the molecule is CCCCNS(=O)(=O)c1ccc(CC)c(N)c1. The van der Waals surface area contributed by atoms with Crippen LogP contribution in [0.4, 0.5) is 5.69 Å². The molecule has 0 spiro atoms. The highest BCUT2D eigenvalue weighted by molar-refractivity contribution is 7.89. The van der Waals surface area contributed by atoms with E-state index >= 15 is 0 Å². The van der Waals surface area contributed by atoms with Crippen molar-refractivity contribution in [3.05, 3.63) is 23.8 Å². The molecule has 0 aliphatic rings. The van der Waals surface area contributed by atoms with Crippen molar-refractivity contribution in [3.8, 4) is 0 Å². The largest absolute Gasteiger partial charge is 0.398 e. The van der Waals surface area contributed by atoms with Crippen LogP contribution in [-0.2, 0) is 16.4 Å². The molecule has 0 aliphatic carbocycles. The van der Waals surface area contributed by atoms with Gasteiger partial charge in [0.15, 0.2) is 0 Å². The van der Waals surface area contributed by atoms with Crippen LogP contribution in [0.25, 0.3) is 0 Å². The maximum absolute atomic E-state index is 11.9. The van der Waals surface area contributed by atoms with E-state index in [2.05, 4.69) is 4.72 Å². The molecule has 4 nitrogen and oxygen atoms in total. The first-order chi connectivity index (χ1) is 8.01. The molecule has 0 unspecified atom stereocenters. The molecule has 3 N–H and O–H groups in total. The smallest absolute Gasteiger partial charge is 0.240 e. The molecule has 17 heavy (non-hydrogen) atoms. The molecule has 1 aromatic rings. The van der Waals surface area contributed by atoms with Gasteiger partial charge in [0.2, 0.25) is 10.0 Å². The highest BCUT2D eigenvalue weighted by Crippen LogP contribution is 2.18. The fourth-order valence-corrected chi connectivity index (χ4v) is 2.64. The van der Waals surface area contributed by atoms with E-state index in [4.69, 9.17) is 5.73 Å². The molecule has 1 aromatic carbocycles. The Balaban J connectivity index is 2.88. The summed E-state index contributed by atoms with van der Waals surface area (Å²) in [6, 6.07) is 4.89. The van der Waals surface area contributed by atoms with E-state index in [0.29, 0.717) is 12.2 Å². The van der Waals surface area contributed by atoms with Gasteiger partial charge in [-0.3, -0.25) is 0 Å². The second kappa shape index (κ2) is 6.02. The van der Waals surface area contributed by atoms with Crippen LogP contribution in [0.15, 0.2) is 23.1 Å². The van der Waals surface area contributed by atoms with Gasteiger partial charge in [-0.05, 0) is 30.5 Å². The highest BCUT2D eigenvalue weighted by Gasteiger charge is 2.14. The molecule has 96 valence electrons. The molecule has 5 heteroatoms. The second-order valence-corrected chi connectivity index (χ2v) is 5.73. The zero-order valence-corrected chi connectivity index (χ0v) is 11.2. The van der Waals surface area contributed by atoms with Gasteiger partial charge in [-0.15, -0.1) is 0 Å². The van der Waals surface area contributed by atoms with Gasteiger partial charge in [-0.2, -0.15) is 0 Å². The number of nitrogen functional groups attached to an aromatic ring is 1. The van der Waals surface area contributed by atoms with Crippen LogP contribution < -0.4 is 10.5 Å². The summed E-state index contributed by atoms with van der Waals surface area (Å²) in [6.07, 6.45) is 2.59. The van der Waals surface area contributed by atoms with Crippen molar-refractivity contribution >= 4 is 15.7 Å². The van der Waals surface area contributed by atoms with Crippen LogP contribution in [0, 0.1) is 0 Å². The molecular weight excluding hydrogens is 236 g/mol. The van der Waals surface area contributed by atoms with E-state index in [0.717, 1.165) is 24.8 Å². The third kappa shape index (κ3) is 3.71. The zero-order valence-electron chi connectivity index (χ0n) is 10.4. The van der Waals surface area contributed by atoms with Crippen LogP contribution in [0.3, 0.4) is 0 Å². The van der Waals surface area contributed by atoms with E-state index in [9.17, 15) is 8.42 Å². The number of rotatable bonds is 6. The number of hydrogen-bond donors (Lipinski definition) is 2. The number of anilines is 1. The van der Waals surface area contributed by atoms with Gasteiger partial charge in [0.1, 0.15) is 0 Å². The normalized spacial score (nSPS) is 11.6. The van der Waals surface area contributed by atoms with Crippen molar-refractivity contribution < 1.29 is 8.42 Å². The summed E-state index contributed by atoms with van der Waals surface area (Å²) in [4.78, 5) is 0.239. The summed E-state index contributed by atoms with van der Waals surface area (Å²) in [5.74, 6) is 0. The molecular formula is C12H20N2O2S. The molecule has 1 rings (SSSR count). The van der Waals surface area contributed by atoms with E-state index in [-0.39, 0.29) is 4.90 Å². The van der Waals surface area contributed by atoms with Crippen LogP contribution in [0.1, 0.15) is 32.3 Å². The fraction of sp³-hybridized carbons (Fsp3) is 0.500. The maximum atomic E-state index is 11.9. The number of benzene rings is 1.